The van der Waals surface area contributed by atoms with Crippen LogP contribution in [0.25, 0.3) is 0 Å². The van der Waals surface area contributed by atoms with E-state index in [0.29, 0.717) is 19.6 Å². The zero-order chi connectivity index (χ0) is 14.7. The second-order valence-electron chi connectivity index (χ2n) is 5.08. The van der Waals surface area contributed by atoms with Gasteiger partial charge in [0.25, 0.3) is 0 Å². The fourth-order valence-electron chi connectivity index (χ4n) is 2.13. The zero-order valence-electron chi connectivity index (χ0n) is 11.2. The van der Waals surface area contributed by atoms with E-state index < -0.39 is 11.9 Å². The number of benzene rings is 1. The first kappa shape index (κ1) is 14.8. The maximum Gasteiger partial charge on any atom is 0.317 e. The molecule has 5 nitrogen and oxygen atoms in total. The molecule has 6 heteroatoms. The zero-order valence-corrected chi connectivity index (χ0v) is 12.8. The standard InChI is InChI=1S/C14H17BrN2O3/c1-9(13(18)19)11-7-17(8-11)14(20)16-6-10-3-2-4-12(15)5-10/h2-5,9,11H,6-8H2,1H3,(H,16,20)(H,18,19). The fraction of sp³-hybridized carbons (Fsp3) is 0.429. The molecule has 1 saturated heterocycles. The van der Waals surface area contributed by atoms with Crippen LogP contribution in [-0.4, -0.2) is 35.1 Å². The van der Waals surface area contributed by atoms with Crippen molar-refractivity contribution in [1.29, 1.82) is 0 Å². The number of halogens is 1. The molecule has 0 radical (unpaired) electrons. The van der Waals surface area contributed by atoms with Crippen molar-refractivity contribution in [2.24, 2.45) is 11.8 Å². The number of carboxylic acids is 1. The molecule has 0 spiro atoms. The average Bonchev–Trinajstić information content (AvgIpc) is 2.34. The van der Waals surface area contributed by atoms with E-state index in [1.165, 1.54) is 0 Å². The maximum absolute atomic E-state index is 11.9. The molecule has 1 fully saturated rings. The summed E-state index contributed by atoms with van der Waals surface area (Å²) in [7, 11) is 0. The van der Waals surface area contributed by atoms with Crippen LogP contribution in [0.4, 0.5) is 4.79 Å². The highest BCUT2D eigenvalue weighted by Crippen LogP contribution is 2.24. The number of aliphatic carboxylic acids is 1. The van der Waals surface area contributed by atoms with Gasteiger partial charge in [0.2, 0.25) is 0 Å². The van der Waals surface area contributed by atoms with Gasteiger partial charge in [-0.15, -0.1) is 0 Å². The van der Waals surface area contributed by atoms with Gasteiger partial charge in [0.1, 0.15) is 0 Å². The Morgan fingerprint density at radius 2 is 2.20 bits per heavy atom. The van der Waals surface area contributed by atoms with Crippen molar-refractivity contribution in [3.63, 3.8) is 0 Å². The third kappa shape index (κ3) is 3.50. The molecule has 0 aromatic heterocycles. The van der Waals surface area contributed by atoms with Crippen molar-refractivity contribution >= 4 is 27.9 Å². The van der Waals surface area contributed by atoms with Crippen LogP contribution >= 0.6 is 15.9 Å². The topological polar surface area (TPSA) is 69.6 Å². The van der Waals surface area contributed by atoms with Gasteiger partial charge in [-0.1, -0.05) is 35.0 Å². The Morgan fingerprint density at radius 3 is 2.80 bits per heavy atom. The second kappa shape index (κ2) is 6.26. The van der Waals surface area contributed by atoms with Gasteiger partial charge in [0.05, 0.1) is 5.92 Å². The number of amides is 2. The summed E-state index contributed by atoms with van der Waals surface area (Å²) < 4.78 is 0.976. The number of carboxylic acid groups (broad SMARTS) is 1. The molecular formula is C14H17BrN2O3. The van der Waals surface area contributed by atoms with Gasteiger partial charge < -0.3 is 15.3 Å². The number of hydrogen-bond donors (Lipinski definition) is 2. The van der Waals surface area contributed by atoms with Gasteiger partial charge in [0.15, 0.2) is 0 Å². The van der Waals surface area contributed by atoms with Crippen LogP contribution in [0.5, 0.6) is 0 Å². The second-order valence-corrected chi connectivity index (χ2v) is 6.00. The third-order valence-electron chi connectivity index (χ3n) is 3.63. The Balaban J connectivity index is 1.76. The first-order valence-electron chi connectivity index (χ1n) is 6.47. The number of urea groups is 1. The Bertz CT molecular complexity index is 515. The number of carbonyl (C=O) groups is 2. The monoisotopic (exact) mass is 340 g/mol. The predicted molar refractivity (Wildman–Crippen MR) is 78.2 cm³/mol. The minimum atomic E-state index is -0.802. The van der Waals surface area contributed by atoms with E-state index in [1.54, 1.807) is 11.8 Å². The SMILES string of the molecule is CC(C(=O)O)C1CN(C(=O)NCc2cccc(Br)c2)C1. The summed E-state index contributed by atoms with van der Waals surface area (Å²) in [5.74, 6) is -1.14. The van der Waals surface area contributed by atoms with E-state index in [9.17, 15) is 9.59 Å². The van der Waals surface area contributed by atoms with Gasteiger partial charge in [-0.2, -0.15) is 0 Å². The van der Waals surface area contributed by atoms with Crippen LogP contribution in [0, 0.1) is 11.8 Å². The van der Waals surface area contributed by atoms with Crippen molar-refractivity contribution in [1.82, 2.24) is 10.2 Å². The largest absolute Gasteiger partial charge is 0.481 e. The lowest BCUT2D eigenvalue weighted by Gasteiger charge is -2.41. The maximum atomic E-state index is 11.9. The number of hydrogen-bond acceptors (Lipinski definition) is 2. The van der Waals surface area contributed by atoms with Crippen molar-refractivity contribution < 1.29 is 14.7 Å². The van der Waals surface area contributed by atoms with Gasteiger partial charge in [-0.05, 0) is 17.7 Å². The number of likely N-dealkylation sites (tertiary alicyclic amines) is 1. The van der Waals surface area contributed by atoms with Crippen molar-refractivity contribution in [3.8, 4) is 0 Å². The van der Waals surface area contributed by atoms with Crippen LogP contribution in [-0.2, 0) is 11.3 Å². The smallest absolute Gasteiger partial charge is 0.317 e. The Hall–Kier alpha value is -1.56. The van der Waals surface area contributed by atoms with Crippen molar-refractivity contribution in [2.75, 3.05) is 13.1 Å². The highest BCUT2D eigenvalue weighted by Gasteiger charge is 2.36. The lowest BCUT2D eigenvalue weighted by molar-refractivity contribution is -0.144. The van der Waals surface area contributed by atoms with Gasteiger partial charge >= 0.3 is 12.0 Å². The lowest BCUT2D eigenvalue weighted by Crippen LogP contribution is -2.56. The van der Waals surface area contributed by atoms with E-state index in [0.717, 1.165) is 10.0 Å². The minimum absolute atomic E-state index is 0.0594. The molecule has 0 saturated carbocycles. The van der Waals surface area contributed by atoms with E-state index in [1.807, 2.05) is 24.3 Å². The first-order valence-corrected chi connectivity index (χ1v) is 7.26. The number of nitrogens with zero attached hydrogens (tertiary/aromatic N) is 1. The summed E-state index contributed by atoms with van der Waals surface area (Å²) in [6.45, 7) is 3.17. The number of carbonyl (C=O) groups excluding carboxylic acids is 1. The van der Waals surface area contributed by atoms with Crippen molar-refractivity contribution in [3.05, 3.63) is 34.3 Å². The molecule has 2 rings (SSSR count). The molecule has 20 heavy (non-hydrogen) atoms. The molecule has 1 unspecified atom stereocenters. The average molecular weight is 341 g/mol. The van der Waals surface area contributed by atoms with E-state index in [2.05, 4.69) is 21.2 Å². The van der Waals surface area contributed by atoms with Crippen LogP contribution < -0.4 is 5.32 Å². The summed E-state index contributed by atoms with van der Waals surface area (Å²) in [4.78, 5) is 24.3. The highest BCUT2D eigenvalue weighted by molar-refractivity contribution is 9.10. The minimum Gasteiger partial charge on any atom is -0.481 e. The molecule has 0 aliphatic carbocycles. The summed E-state index contributed by atoms with van der Waals surface area (Å²) in [6.07, 6.45) is 0. The van der Waals surface area contributed by atoms with Gasteiger partial charge in [-0.3, -0.25) is 4.79 Å². The molecule has 1 heterocycles. The Labute approximate surface area is 126 Å². The van der Waals surface area contributed by atoms with Crippen LogP contribution in [0.15, 0.2) is 28.7 Å². The van der Waals surface area contributed by atoms with Gasteiger partial charge in [0, 0.05) is 30.0 Å². The van der Waals surface area contributed by atoms with Crippen LogP contribution in [0.2, 0.25) is 0 Å². The number of rotatable bonds is 4. The third-order valence-corrected chi connectivity index (χ3v) is 4.12. The summed E-state index contributed by atoms with van der Waals surface area (Å²) in [5, 5.41) is 11.7. The van der Waals surface area contributed by atoms with Crippen LogP contribution in [0.1, 0.15) is 12.5 Å². The summed E-state index contributed by atoms with van der Waals surface area (Å²) in [6, 6.07) is 7.60. The number of nitrogens with one attached hydrogen (secondary N) is 1. The van der Waals surface area contributed by atoms with E-state index >= 15 is 0 Å². The summed E-state index contributed by atoms with van der Waals surface area (Å²) in [5.41, 5.74) is 1.02. The quantitative estimate of drug-likeness (QED) is 0.883. The normalized spacial score (nSPS) is 16.4. The highest BCUT2D eigenvalue weighted by atomic mass is 79.9. The molecule has 1 aromatic carbocycles. The van der Waals surface area contributed by atoms with E-state index in [4.69, 9.17) is 5.11 Å². The van der Waals surface area contributed by atoms with Gasteiger partial charge in [-0.25, -0.2) is 4.79 Å². The summed E-state index contributed by atoms with van der Waals surface area (Å²) >= 11 is 3.38. The molecular weight excluding hydrogens is 324 g/mol. The predicted octanol–water partition coefficient (Wildman–Crippen LogP) is 2.31. The van der Waals surface area contributed by atoms with E-state index in [-0.39, 0.29) is 11.9 Å². The molecule has 108 valence electrons. The molecule has 1 aromatic rings. The first-order chi connectivity index (χ1) is 9.47. The molecule has 1 aliphatic heterocycles. The van der Waals surface area contributed by atoms with Crippen molar-refractivity contribution in [2.45, 2.75) is 13.5 Å². The Morgan fingerprint density at radius 1 is 1.50 bits per heavy atom. The lowest BCUT2D eigenvalue weighted by atomic mass is 9.87. The Kier molecular flexibility index (Phi) is 4.65. The molecule has 2 N–H and O–H groups in total. The van der Waals surface area contributed by atoms with Crippen LogP contribution in [0.3, 0.4) is 0 Å². The molecule has 2 amide bonds. The molecule has 1 aliphatic rings. The fourth-order valence-corrected chi connectivity index (χ4v) is 2.58. The molecule has 0 bridgehead atoms. The molecule has 1 atom stereocenters.